The number of carbonyl (C=O) groups is 2. The van der Waals surface area contributed by atoms with Crippen LogP contribution in [0.4, 0.5) is 10.5 Å². The van der Waals surface area contributed by atoms with E-state index in [0.717, 1.165) is 6.54 Å². The summed E-state index contributed by atoms with van der Waals surface area (Å²) in [5, 5.41) is 11.2. The summed E-state index contributed by atoms with van der Waals surface area (Å²) in [6.45, 7) is 7.42. The standard InChI is InChI=1S/C15H24N4O2.ClH/c1-4-16-10-11-17-13(20)15(2,3)19-14(21)18-12-8-6-5-7-9-12;/h5-9,16H,4,10-11H2,1-3H3,(H,17,20)(H2,18,19,21);1H. The minimum atomic E-state index is -0.981. The van der Waals surface area contributed by atoms with Crippen molar-refractivity contribution < 1.29 is 9.59 Å². The Morgan fingerprint density at radius 3 is 2.32 bits per heavy atom. The van der Waals surface area contributed by atoms with Crippen LogP contribution in [0.2, 0.25) is 0 Å². The number of para-hydroxylation sites is 1. The van der Waals surface area contributed by atoms with Crippen LogP contribution in [0.1, 0.15) is 20.8 Å². The van der Waals surface area contributed by atoms with Gasteiger partial charge in [-0.15, -0.1) is 12.4 Å². The number of hydrogen-bond acceptors (Lipinski definition) is 3. The molecule has 124 valence electrons. The molecule has 22 heavy (non-hydrogen) atoms. The summed E-state index contributed by atoms with van der Waals surface area (Å²) < 4.78 is 0. The summed E-state index contributed by atoms with van der Waals surface area (Å²) in [6, 6.07) is 8.67. The Bertz CT molecular complexity index is 466. The van der Waals surface area contributed by atoms with Gasteiger partial charge in [-0.25, -0.2) is 4.79 Å². The molecule has 0 saturated heterocycles. The van der Waals surface area contributed by atoms with E-state index in [1.165, 1.54) is 0 Å². The molecule has 1 aromatic rings. The summed E-state index contributed by atoms with van der Waals surface area (Å²) in [4.78, 5) is 23.9. The Labute approximate surface area is 137 Å². The van der Waals surface area contributed by atoms with E-state index >= 15 is 0 Å². The molecule has 0 heterocycles. The lowest BCUT2D eigenvalue weighted by molar-refractivity contribution is -0.125. The quantitative estimate of drug-likeness (QED) is 0.575. The molecular weight excluding hydrogens is 304 g/mol. The Balaban J connectivity index is 0.00000441. The number of benzene rings is 1. The summed E-state index contributed by atoms with van der Waals surface area (Å²) in [5.41, 5.74) is -0.302. The lowest BCUT2D eigenvalue weighted by atomic mass is 10.1. The van der Waals surface area contributed by atoms with Crippen molar-refractivity contribution in [2.75, 3.05) is 25.0 Å². The van der Waals surface area contributed by atoms with Gasteiger partial charge in [0, 0.05) is 18.8 Å². The molecule has 0 bridgehead atoms. The van der Waals surface area contributed by atoms with Crippen molar-refractivity contribution in [3.63, 3.8) is 0 Å². The highest BCUT2D eigenvalue weighted by Crippen LogP contribution is 2.07. The first kappa shape index (κ1) is 20.2. The van der Waals surface area contributed by atoms with Crippen molar-refractivity contribution in [3.8, 4) is 0 Å². The van der Waals surface area contributed by atoms with E-state index in [1.807, 2.05) is 25.1 Å². The molecule has 0 radical (unpaired) electrons. The molecule has 0 aliphatic rings. The second kappa shape index (κ2) is 10.0. The largest absolute Gasteiger partial charge is 0.353 e. The zero-order chi connectivity index (χ0) is 15.7. The average Bonchev–Trinajstić information content (AvgIpc) is 2.43. The van der Waals surface area contributed by atoms with Gasteiger partial charge in [0.2, 0.25) is 5.91 Å². The first-order valence-corrected chi connectivity index (χ1v) is 7.09. The third-order valence-electron chi connectivity index (χ3n) is 2.86. The fraction of sp³-hybridized carbons (Fsp3) is 0.467. The first-order chi connectivity index (χ1) is 9.95. The molecule has 0 saturated carbocycles. The van der Waals surface area contributed by atoms with Crippen LogP contribution in [-0.2, 0) is 4.79 Å². The average molecular weight is 329 g/mol. The second-order valence-corrected chi connectivity index (χ2v) is 5.18. The number of halogens is 1. The lowest BCUT2D eigenvalue weighted by Gasteiger charge is -2.25. The number of nitrogens with one attached hydrogen (secondary N) is 4. The van der Waals surface area contributed by atoms with Crippen molar-refractivity contribution in [2.45, 2.75) is 26.3 Å². The SMILES string of the molecule is CCNCCNC(=O)C(C)(C)NC(=O)Nc1ccccc1.Cl. The molecule has 6 nitrogen and oxygen atoms in total. The number of carbonyl (C=O) groups excluding carboxylic acids is 2. The summed E-state index contributed by atoms with van der Waals surface area (Å²) in [7, 11) is 0. The molecule has 0 fully saturated rings. The van der Waals surface area contributed by atoms with E-state index in [1.54, 1.807) is 26.0 Å². The number of amides is 3. The van der Waals surface area contributed by atoms with Gasteiger partial charge >= 0.3 is 6.03 Å². The fourth-order valence-corrected chi connectivity index (χ4v) is 1.69. The van der Waals surface area contributed by atoms with Gasteiger partial charge in [-0.1, -0.05) is 25.1 Å². The maximum atomic E-state index is 12.0. The Morgan fingerprint density at radius 1 is 1.09 bits per heavy atom. The molecule has 1 aromatic carbocycles. The van der Waals surface area contributed by atoms with Crippen LogP contribution in [-0.4, -0.2) is 37.1 Å². The van der Waals surface area contributed by atoms with Crippen molar-refractivity contribution in [3.05, 3.63) is 30.3 Å². The van der Waals surface area contributed by atoms with E-state index in [-0.39, 0.29) is 18.3 Å². The normalized spacial score (nSPS) is 10.3. The van der Waals surface area contributed by atoms with Crippen LogP contribution in [0, 0.1) is 0 Å². The molecule has 7 heteroatoms. The molecule has 3 amide bonds. The zero-order valence-corrected chi connectivity index (χ0v) is 14.0. The van der Waals surface area contributed by atoms with Crippen LogP contribution in [0.25, 0.3) is 0 Å². The monoisotopic (exact) mass is 328 g/mol. The topological polar surface area (TPSA) is 82.3 Å². The van der Waals surface area contributed by atoms with Crippen LogP contribution in [0.5, 0.6) is 0 Å². The van der Waals surface area contributed by atoms with Crippen LogP contribution in [0.15, 0.2) is 30.3 Å². The smallest absolute Gasteiger partial charge is 0.320 e. The van der Waals surface area contributed by atoms with Gasteiger partial charge in [-0.05, 0) is 32.5 Å². The van der Waals surface area contributed by atoms with Crippen molar-refractivity contribution in [1.82, 2.24) is 16.0 Å². The maximum Gasteiger partial charge on any atom is 0.320 e. The van der Waals surface area contributed by atoms with E-state index in [2.05, 4.69) is 21.3 Å². The van der Waals surface area contributed by atoms with Gasteiger partial charge in [0.05, 0.1) is 0 Å². The molecule has 4 N–H and O–H groups in total. The van der Waals surface area contributed by atoms with Crippen molar-refractivity contribution >= 4 is 30.0 Å². The number of urea groups is 1. The van der Waals surface area contributed by atoms with E-state index in [9.17, 15) is 9.59 Å². The van der Waals surface area contributed by atoms with Crippen LogP contribution < -0.4 is 21.3 Å². The second-order valence-electron chi connectivity index (χ2n) is 5.18. The molecule has 0 spiro atoms. The molecule has 0 aliphatic carbocycles. The molecule has 0 atom stereocenters. The van der Waals surface area contributed by atoms with E-state index < -0.39 is 11.6 Å². The summed E-state index contributed by atoms with van der Waals surface area (Å²) >= 11 is 0. The first-order valence-electron chi connectivity index (χ1n) is 7.09. The van der Waals surface area contributed by atoms with Gasteiger partial charge in [-0.2, -0.15) is 0 Å². The molecular formula is C15H25ClN4O2. The Morgan fingerprint density at radius 2 is 1.73 bits per heavy atom. The van der Waals surface area contributed by atoms with Crippen molar-refractivity contribution in [1.29, 1.82) is 0 Å². The highest BCUT2D eigenvalue weighted by atomic mass is 35.5. The lowest BCUT2D eigenvalue weighted by Crippen LogP contribution is -2.56. The van der Waals surface area contributed by atoms with Gasteiger partial charge in [-0.3, -0.25) is 4.79 Å². The Hall–Kier alpha value is -1.79. The van der Waals surface area contributed by atoms with E-state index in [4.69, 9.17) is 0 Å². The zero-order valence-electron chi connectivity index (χ0n) is 13.2. The Kier molecular flexibility index (Phi) is 9.21. The van der Waals surface area contributed by atoms with Gasteiger partial charge in [0.1, 0.15) is 5.54 Å². The minimum absolute atomic E-state index is 0. The highest BCUT2D eigenvalue weighted by Gasteiger charge is 2.29. The minimum Gasteiger partial charge on any atom is -0.353 e. The summed E-state index contributed by atoms with van der Waals surface area (Å²) in [6.07, 6.45) is 0. The highest BCUT2D eigenvalue weighted by molar-refractivity contribution is 5.95. The third kappa shape index (κ3) is 7.28. The maximum absolute atomic E-state index is 12.0. The van der Waals surface area contributed by atoms with Crippen molar-refractivity contribution in [2.24, 2.45) is 0 Å². The van der Waals surface area contributed by atoms with Gasteiger partial charge in [0.25, 0.3) is 0 Å². The predicted molar refractivity (Wildman–Crippen MR) is 91.5 cm³/mol. The molecule has 1 rings (SSSR count). The van der Waals surface area contributed by atoms with E-state index in [0.29, 0.717) is 18.8 Å². The number of likely N-dealkylation sites (N-methyl/N-ethyl adjacent to an activating group) is 1. The summed E-state index contributed by atoms with van der Waals surface area (Å²) in [5.74, 6) is -0.219. The molecule has 0 unspecified atom stereocenters. The number of rotatable bonds is 7. The van der Waals surface area contributed by atoms with Gasteiger partial charge in [0.15, 0.2) is 0 Å². The van der Waals surface area contributed by atoms with Crippen LogP contribution >= 0.6 is 12.4 Å². The van der Waals surface area contributed by atoms with Gasteiger partial charge < -0.3 is 21.3 Å². The number of hydrogen-bond donors (Lipinski definition) is 4. The predicted octanol–water partition coefficient (Wildman–Crippen LogP) is 1.73. The van der Waals surface area contributed by atoms with Crippen LogP contribution in [0.3, 0.4) is 0 Å². The molecule has 0 aromatic heterocycles. The fourth-order valence-electron chi connectivity index (χ4n) is 1.69. The third-order valence-corrected chi connectivity index (χ3v) is 2.86. The molecule has 0 aliphatic heterocycles. The number of anilines is 1.